The highest BCUT2D eigenvalue weighted by Crippen LogP contribution is 2.25. The van der Waals surface area contributed by atoms with Crippen LogP contribution in [-0.2, 0) is 0 Å². The van der Waals surface area contributed by atoms with Crippen molar-refractivity contribution in [2.75, 3.05) is 5.73 Å². The number of nitrogen functional groups attached to an aromatic ring is 1. The van der Waals surface area contributed by atoms with Crippen molar-refractivity contribution in [1.29, 1.82) is 0 Å². The van der Waals surface area contributed by atoms with Crippen molar-refractivity contribution in [2.45, 2.75) is 6.92 Å². The molecule has 0 aliphatic rings. The maximum Gasteiger partial charge on any atom is 0.194 e. The molecule has 0 aliphatic heterocycles. The summed E-state index contributed by atoms with van der Waals surface area (Å²) < 4.78 is 38.9. The van der Waals surface area contributed by atoms with Crippen LogP contribution in [0.1, 0.15) is 5.56 Å². The predicted molar refractivity (Wildman–Crippen MR) is 58.7 cm³/mol. The fraction of sp³-hybridized carbons (Fsp3) is 0.0833. The van der Waals surface area contributed by atoms with Gasteiger partial charge in [0.05, 0.1) is 0 Å². The van der Waals surface area contributed by atoms with E-state index in [4.69, 9.17) is 5.73 Å². The third-order valence-electron chi connectivity index (χ3n) is 2.44. The van der Waals surface area contributed by atoms with Crippen LogP contribution in [0.2, 0.25) is 0 Å². The van der Waals surface area contributed by atoms with Gasteiger partial charge in [-0.2, -0.15) is 0 Å². The van der Waals surface area contributed by atoms with Gasteiger partial charge in [0.1, 0.15) is 5.82 Å². The molecule has 0 fully saturated rings. The average molecular weight is 238 g/mol. The van der Waals surface area contributed by atoms with Crippen molar-refractivity contribution in [1.82, 2.24) is 4.98 Å². The molecule has 0 aliphatic carbocycles. The summed E-state index contributed by atoms with van der Waals surface area (Å²) in [6.45, 7) is 1.72. The monoisotopic (exact) mass is 238 g/mol. The number of hydrogen-bond acceptors (Lipinski definition) is 2. The number of nitrogens with zero attached hydrogens (tertiary/aromatic N) is 1. The number of rotatable bonds is 1. The number of benzene rings is 1. The lowest BCUT2D eigenvalue weighted by molar-refractivity contribution is 0.447. The largest absolute Gasteiger partial charge is 0.383 e. The first-order valence-electron chi connectivity index (χ1n) is 4.86. The average Bonchev–Trinajstić information content (AvgIpc) is 2.29. The molecule has 0 saturated carbocycles. The number of nitrogens with two attached hydrogens (primary N) is 1. The van der Waals surface area contributed by atoms with E-state index in [0.717, 1.165) is 12.1 Å². The van der Waals surface area contributed by atoms with E-state index in [9.17, 15) is 13.2 Å². The van der Waals surface area contributed by atoms with E-state index >= 15 is 0 Å². The summed E-state index contributed by atoms with van der Waals surface area (Å²) in [5.41, 5.74) is 6.92. The number of aryl methyl sites for hydroxylation is 1. The lowest BCUT2D eigenvalue weighted by atomic mass is 10.1. The fourth-order valence-corrected chi connectivity index (χ4v) is 1.47. The van der Waals surface area contributed by atoms with Crippen LogP contribution in [0.25, 0.3) is 11.1 Å². The fourth-order valence-electron chi connectivity index (χ4n) is 1.47. The number of hydrogen-bond donors (Lipinski definition) is 1. The highest BCUT2D eigenvalue weighted by Gasteiger charge is 2.12. The van der Waals surface area contributed by atoms with Crippen LogP contribution in [0, 0.1) is 24.4 Å². The van der Waals surface area contributed by atoms with E-state index in [-0.39, 0.29) is 5.56 Å². The van der Waals surface area contributed by atoms with Crippen molar-refractivity contribution >= 4 is 5.82 Å². The van der Waals surface area contributed by atoms with E-state index in [0.29, 0.717) is 16.9 Å². The van der Waals surface area contributed by atoms with Gasteiger partial charge in [0.25, 0.3) is 0 Å². The Morgan fingerprint density at radius 1 is 1.00 bits per heavy atom. The molecule has 0 saturated heterocycles. The van der Waals surface area contributed by atoms with Gasteiger partial charge in [0, 0.05) is 11.8 Å². The first-order chi connectivity index (χ1) is 7.99. The highest BCUT2D eigenvalue weighted by atomic mass is 19.2. The van der Waals surface area contributed by atoms with Gasteiger partial charge in [-0.05, 0) is 36.2 Å². The van der Waals surface area contributed by atoms with Gasteiger partial charge in [-0.15, -0.1) is 0 Å². The Hall–Kier alpha value is -2.04. The molecule has 0 bridgehead atoms. The molecular formula is C12H9F3N2. The van der Waals surface area contributed by atoms with Crippen molar-refractivity contribution in [3.05, 3.63) is 47.4 Å². The van der Waals surface area contributed by atoms with Gasteiger partial charge in [0.2, 0.25) is 0 Å². The molecule has 0 unspecified atom stereocenters. The topological polar surface area (TPSA) is 38.9 Å². The van der Waals surface area contributed by atoms with Gasteiger partial charge in [0.15, 0.2) is 17.5 Å². The van der Waals surface area contributed by atoms with E-state index in [1.807, 2.05) is 0 Å². The normalized spacial score (nSPS) is 10.6. The summed E-state index contributed by atoms with van der Waals surface area (Å²) in [4.78, 5) is 3.88. The Morgan fingerprint density at radius 2 is 1.59 bits per heavy atom. The summed E-state index contributed by atoms with van der Waals surface area (Å²) in [6, 6.07) is 3.48. The molecule has 0 spiro atoms. The third-order valence-corrected chi connectivity index (χ3v) is 2.44. The van der Waals surface area contributed by atoms with Gasteiger partial charge < -0.3 is 5.73 Å². The number of aromatic nitrogens is 1. The zero-order valence-corrected chi connectivity index (χ0v) is 8.97. The molecule has 1 aromatic carbocycles. The minimum absolute atomic E-state index is 0.219. The van der Waals surface area contributed by atoms with E-state index in [1.54, 1.807) is 13.0 Å². The highest BCUT2D eigenvalue weighted by molar-refractivity contribution is 5.65. The lowest BCUT2D eigenvalue weighted by Crippen LogP contribution is -1.96. The minimum atomic E-state index is -1.48. The quantitative estimate of drug-likeness (QED) is 0.775. The summed E-state index contributed by atoms with van der Waals surface area (Å²) in [5, 5.41) is 0. The van der Waals surface area contributed by atoms with Crippen molar-refractivity contribution in [2.24, 2.45) is 0 Å². The smallest absolute Gasteiger partial charge is 0.194 e. The molecule has 1 heterocycles. The van der Waals surface area contributed by atoms with Crippen molar-refractivity contribution in [3.63, 3.8) is 0 Å². The summed E-state index contributed by atoms with van der Waals surface area (Å²) in [7, 11) is 0. The van der Waals surface area contributed by atoms with Crippen LogP contribution in [0.4, 0.5) is 19.0 Å². The maximum absolute atomic E-state index is 13.0. The zero-order valence-electron chi connectivity index (χ0n) is 8.97. The molecular weight excluding hydrogens is 229 g/mol. The Labute approximate surface area is 95.9 Å². The number of halogens is 3. The molecule has 0 amide bonds. The number of pyridine rings is 1. The van der Waals surface area contributed by atoms with Gasteiger partial charge in [-0.3, -0.25) is 0 Å². The molecule has 5 heteroatoms. The Morgan fingerprint density at radius 3 is 2.12 bits per heavy atom. The third kappa shape index (κ3) is 2.08. The summed E-state index contributed by atoms with van der Waals surface area (Å²) in [6.07, 6.45) is 1.38. The molecule has 88 valence electrons. The van der Waals surface area contributed by atoms with Gasteiger partial charge in [-0.25, -0.2) is 18.2 Å². The summed E-state index contributed by atoms with van der Waals surface area (Å²) >= 11 is 0. The molecule has 2 nitrogen and oxygen atoms in total. The maximum atomic E-state index is 13.0. The number of anilines is 1. The van der Waals surface area contributed by atoms with Gasteiger partial charge in [-0.1, -0.05) is 0 Å². The van der Waals surface area contributed by atoms with E-state index in [1.165, 1.54) is 6.20 Å². The van der Waals surface area contributed by atoms with E-state index < -0.39 is 17.5 Å². The first kappa shape index (κ1) is 11.4. The van der Waals surface area contributed by atoms with Crippen LogP contribution in [0.5, 0.6) is 0 Å². The molecule has 0 radical (unpaired) electrons. The Bertz CT molecular complexity index is 559. The van der Waals surface area contributed by atoms with Crippen LogP contribution in [0.3, 0.4) is 0 Å². The van der Waals surface area contributed by atoms with E-state index in [2.05, 4.69) is 4.98 Å². The minimum Gasteiger partial charge on any atom is -0.383 e. The molecule has 0 atom stereocenters. The van der Waals surface area contributed by atoms with Crippen molar-refractivity contribution in [3.8, 4) is 11.1 Å². The molecule has 1 aromatic heterocycles. The zero-order chi connectivity index (χ0) is 12.6. The molecule has 2 N–H and O–H groups in total. The Kier molecular flexibility index (Phi) is 2.75. The Balaban J connectivity index is 2.57. The second kappa shape index (κ2) is 4.08. The molecule has 2 aromatic rings. The van der Waals surface area contributed by atoms with Crippen molar-refractivity contribution < 1.29 is 13.2 Å². The molecule has 17 heavy (non-hydrogen) atoms. The van der Waals surface area contributed by atoms with Gasteiger partial charge >= 0.3 is 0 Å². The van der Waals surface area contributed by atoms with Crippen LogP contribution >= 0.6 is 0 Å². The van der Waals surface area contributed by atoms with Crippen LogP contribution < -0.4 is 5.73 Å². The first-order valence-corrected chi connectivity index (χ1v) is 4.86. The SMILES string of the molecule is Cc1cc(-c2cc(F)c(F)c(F)c2)cnc1N. The van der Waals surface area contributed by atoms with Crippen LogP contribution in [-0.4, -0.2) is 4.98 Å². The second-order valence-electron chi connectivity index (χ2n) is 3.68. The second-order valence-corrected chi connectivity index (χ2v) is 3.68. The van der Waals surface area contributed by atoms with Crippen LogP contribution in [0.15, 0.2) is 24.4 Å². The lowest BCUT2D eigenvalue weighted by Gasteiger charge is -2.05. The summed E-state index contributed by atoms with van der Waals surface area (Å²) in [5.74, 6) is -3.59. The molecule has 2 rings (SSSR count). The standard InChI is InChI=1S/C12H9F3N2/c1-6-2-8(5-17-12(6)16)7-3-9(13)11(15)10(14)4-7/h2-5H,1H3,(H2,16,17). The predicted octanol–water partition coefficient (Wildman–Crippen LogP) is 3.06.